The number of hydrogen-bond donors (Lipinski definition) is 0. The summed E-state index contributed by atoms with van der Waals surface area (Å²) < 4.78 is 25.1. The van der Waals surface area contributed by atoms with Gasteiger partial charge in [-0.15, -0.1) is 0 Å². The molecule has 92 valence electrons. The van der Waals surface area contributed by atoms with Crippen molar-refractivity contribution in [3.8, 4) is 0 Å². The lowest BCUT2D eigenvalue weighted by molar-refractivity contribution is -0.211. The standard InChI is InChI=1S/C10H10O7/c1-9-3-4-10(13-2,17-9)6-5(9)14-7(11)16-8(12)15-6/h3-6H,1-2H3. The van der Waals surface area contributed by atoms with Gasteiger partial charge in [-0.2, -0.15) is 0 Å². The van der Waals surface area contributed by atoms with Gasteiger partial charge in [-0.05, 0) is 19.1 Å². The zero-order valence-electron chi connectivity index (χ0n) is 9.17. The van der Waals surface area contributed by atoms with Crippen LogP contribution in [0, 0.1) is 0 Å². The Balaban J connectivity index is 2.03. The zero-order chi connectivity index (χ0) is 12.3. The topological polar surface area (TPSA) is 80.3 Å². The van der Waals surface area contributed by atoms with E-state index in [9.17, 15) is 9.59 Å². The number of cyclic esters (lactones) is 2. The predicted octanol–water partition coefficient (Wildman–Crippen LogP) is 0.728. The van der Waals surface area contributed by atoms with Crippen LogP contribution in [0.15, 0.2) is 12.2 Å². The van der Waals surface area contributed by atoms with E-state index >= 15 is 0 Å². The van der Waals surface area contributed by atoms with E-state index in [0.29, 0.717) is 0 Å². The summed E-state index contributed by atoms with van der Waals surface area (Å²) in [5.41, 5.74) is -0.885. The van der Waals surface area contributed by atoms with E-state index in [2.05, 4.69) is 4.74 Å². The molecule has 0 spiro atoms. The van der Waals surface area contributed by atoms with Gasteiger partial charge in [0.25, 0.3) is 0 Å². The summed E-state index contributed by atoms with van der Waals surface area (Å²) in [5.74, 6) is -1.22. The quantitative estimate of drug-likeness (QED) is 0.381. The average molecular weight is 242 g/mol. The third-order valence-electron chi connectivity index (χ3n) is 3.19. The van der Waals surface area contributed by atoms with E-state index in [4.69, 9.17) is 18.9 Å². The lowest BCUT2D eigenvalue weighted by Crippen LogP contribution is -2.49. The smallest absolute Gasteiger partial charge is 0.423 e. The molecule has 0 amide bonds. The first kappa shape index (κ1) is 10.5. The van der Waals surface area contributed by atoms with E-state index < -0.39 is 35.9 Å². The highest BCUT2D eigenvalue weighted by Gasteiger charge is 2.68. The zero-order valence-corrected chi connectivity index (χ0v) is 9.17. The normalized spacial score (nSPS) is 46.9. The Morgan fingerprint density at radius 2 is 1.82 bits per heavy atom. The molecule has 17 heavy (non-hydrogen) atoms. The SMILES string of the molecule is COC12C=CC(C)(O1)C1OC(=O)OC(=O)OC12. The maximum absolute atomic E-state index is 11.2. The highest BCUT2D eigenvalue weighted by molar-refractivity contribution is 5.78. The van der Waals surface area contributed by atoms with Gasteiger partial charge in [0.05, 0.1) is 0 Å². The van der Waals surface area contributed by atoms with Gasteiger partial charge < -0.3 is 23.7 Å². The number of carbonyl (C=O) groups excluding carboxylic acids is 2. The summed E-state index contributed by atoms with van der Waals surface area (Å²) in [7, 11) is 1.42. The highest BCUT2D eigenvalue weighted by atomic mass is 16.9. The van der Waals surface area contributed by atoms with Gasteiger partial charge in [0.1, 0.15) is 5.60 Å². The van der Waals surface area contributed by atoms with Gasteiger partial charge in [0, 0.05) is 7.11 Å². The fraction of sp³-hybridized carbons (Fsp3) is 0.600. The van der Waals surface area contributed by atoms with Crippen molar-refractivity contribution in [3.05, 3.63) is 12.2 Å². The summed E-state index contributed by atoms with van der Waals surface area (Å²) in [6.07, 6.45) is -0.524. The first-order valence-corrected chi connectivity index (χ1v) is 5.04. The summed E-state index contributed by atoms with van der Waals surface area (Å²) in [4.78, 5) is 22.4. The molecule has 0 aromatic carbocycles. The molecule has 3 aliphatic rings. The minimum absolute atomic E-state index is 0.786. The van der Waals surface area contributed by atoms with Crippen molar-refractivity contribution in [2.24, 2.45) is 0 Å². The van der Waals surface area contributed by atoms with Gasteiger partial charge in [-0.1, -0.05) is 0 Å². The van der Waals surface area contributed by atoms with Crippen LogP contribution >= 0.6 is 0 Å². The van der Waals surface area contributed by atoms with Crippen molar-refractivity contribution in [2.75, 3.05) is 7.11 Å². The van der Waals surface area contributed by atoms with Crippen LogP contribution in [-0.4, -0.2) is 43.0 Å². The number of rotatable bonds is 1. The van der Waals surface area contributed by atoms with Gasteiger partial charge in [0.2, 0.25) is 11.9 Å². The minimum atomic E-state index is -1.22. The molecular weight excluding hydrogens is 232 g/mol. The summed E-state index contributed by atoms with van der Waals surface area (Å²) in [6.45, 7) is 1.71. The van der Waals surface area contributed by atoms with Crippen molar-refractivity contribution in [1.29, 1.82) is 0 Å². The monoisotopic (exact) mass is 242 g/mol. The largest absolute Gasteiger partial charge is 0.519 e. The lowest BCUT2D eigenvalue weighted by atomic mass is 9.89. The third kappa shape index (κ3) is 1.23. The van der Waals surface area contributed by atoms with Crippen molar-refractivity contribution < 1.29 is 33.3 Å². The number of hydrogen-bond acceptors (Lipinski definition) is 7. The Bertz CT molecular complexity index is 430. The molecule has 2 bridgehead atoms. The number of methoxy groups -OCH3 is 1. The Labute approximate surface area is 96.2 Å². The summed E-state index contributed by atoms with van der Waals surface area (Å²) in [6, 6.07) is 0. The molecular formula is C10H10O7. The van der Waals surface area contributed by atoms with E-state index in [-0.39, 0.29) is 0 Å². The fourth-order valence-corrected chi connectivity index (χ4v) is 2.38. The molecule has 4 atom stereocenters. The van der Waals surface area contributed by atoms with Crippen molar-refractivity contribution >= 4 is 12.3 Å². The van der Waals surface area contributed by atoms with Crippen LogP contribution in [0.4, 0.5) is 9.59 Å². The highest BCUT2D eigenvalue weighted by Crippen LogP contribution is 2.49. The molecule has 3 rings (SSSR count). The number of carbonyl (C=O) groups is 2. The molecule has 0 aromatic rings. The maximum Gasteiger partial charge on any atom is 0.519 e. The van der Waals surface area contributed by atoms with Gasteiger partial charge in [-0.3, -0.25) is 0 Å². The predicted molar refractivity (Wildman–Crippen MR) is 50.0 cm³/mol. The summed E-state index contributed by atoms with van der Waals surface area (Å²) >= 11 is 0. The van der Waals surface area contributed by atoms with Crippen LogP contribution in [0.2, 0.25) is 0 Å². The van der Waals surface area contributed by atoms with Crippen LogP contribution in [0.3, 0.4) is 0 Å². The minimum Gasteiger partial charge on any atom is -0.423 e. The van der Waals surface area contributed by atoms with Crippen molar-refractivity contribution in [1.82, 2.24) is 0 Å². The molecule has 0 saturated carbocycles. The Morgan fingerprint density at radius 1 is 1.18 bits per heavy atom. The molecule has 0 aromatic heterocycles. The third-order valence-corrected chi connectivity index (χ3v) is 3.19. The number of fused-ring (bicyclic) bond motifs is 5. The molecule has 7 nitrogen and oxygen atoms in total. The average Bonchev–Trinajstić information content (AvgIpc) is 2.65. The van der Waals surface area contributed by atoms with Crippen LogP contribution in [0.1, 0.15) is 6.92 Å². The van der Waals surface area contributed by atoms with Crippen LogP contribution in [-0.2, 0) is 23.7 Å². The Kier molecular flexibility index (Phi) is 1.86. The number of ether oxygens (including phenoxy) is 5. The van der Waals surface area contributed by atoms with Crippen molar-refractivity contribution in [3.63, 3.8) is 0 Å². The molecule has 0 aliphatic carbocycles. The lowest BCUT2D eigenvalue weighted by Gasteiger charge is -2.28. The molecule has 7 heteroatoms. The summed E-state index contributed by atoms with van der Waals surface area (Å²) in [5, 5.41) is 0. The van der Waals surface area contributed by atoms with E-state index in [1.54, 1.807) is 19.1 Å². The van der Waals surface area contributed by atoms with Gasteiger partial charge in [-0.25, -0.2) is 9.59 Å². The Morgan fingerprint density at radius 3 is 2.47 bits per heavy atom. The van der Waals surface area contributed by atoms with Crippen molar-refractivity contribution in [2.45, 2.75) is 30.5 Å². The first-order valence-electron chi connectivity index (χ1n) is 5.04. The molecule has 2 saturated heterocycles. The fourth-order valence-electron chi connectivity index (χ4n) is 2.38. The second-order valence-corrected chi connectivity index (χ2v) is 4.22. The second kappa shape index (κ2) is 2.99. The second-order valence-electron chi connectivity index (χ2n) is 4.22. The van der Waals surface area contributed by atoms with E-state index in [1.165, 1.54) is 7.11 Å². The molecule has 2 fully saturated rings. The van der Waals surface area contributed by atoms with Gasteiger partial charge in [0.15, 0.2) is 6.10 Å². The molecule has 0 radical (unpaired) electrons. The maximum atomic E-state index is 11.2. The first-order chi connectivity index (χ1) is 7.99. The Hall–Kier alpha value is -1.60. The molecule has 3 aliphatic heterocycles. The van der Waals surface area contributed by atoms with Crippen LogP contribution < -0.4 is 0 Å². The van der Waals surface area contributed by atoms with Crippen LogP contribution in [0.25, 0.3) is 0 Å². The van der Waals surface area contributed by atoms with E-state index in [0.717, 1.165) is 0 Å². The molecule has 3 heterocycles. The molecule has 4 unspecified atom stereocenters. The molecule has 0 N–H and O–H groups in total. The van der Waals surface area contributed by atoms with Gasteiger partial charge >= 0.3 is 12.3 Å². The van der Waals surface area contributed by atoms with E-state index in [1.807, 2.05) is 0 Å². The van der Waals surface area contributed by atoms with Crippen LogP contribution in [0.5, 0.6) is 0 Å².